The van der Waals surface area contributed by atoms with Crippen LogP contribution in [-0.2, 0) is 17.9 Å². The number of non-ortho nitro benzene ring substituents is 1. The quantitative estimate of drug-likeness (QED) is 0.470. The lowest BCUT2D eigenvalue weighted by Gasteiger charge is -2.15. The minimum absolute atomic E-state index is 0.0424. The van der Waals surface area contributed by atoms with E-state index >= 15 is 0 Å². The molecule has 0 aliphatic carbocycles. The number of fused-ring (bicyclic) bond motifs is 1. The van der Waals surface area contributed by atoms with E-state index in [9.17, 15) is 24.5 Å². The van der Waals surface area contributed by atoms with Crippen molar-refractivity contribution < 1.29 is 9.72 Å². The van der Waals surface area contributed by atoms with E-state index in [0.29, 0.717) is 5.56 Å². The van der Waals surface area contributed by atoms with Crippen molar-refractivity contribution in [2.45, 2.75) is 13.1 Å². The summed E-state index contributed by atoms with van der Waals surface area (Å²) in [4.78, 5) is 53.4. The average Bonchev–Trinajstić information content (AvgIpc) is 2.68. The lowest BCUT2D eigenvalue weighted by Crippen LogP contribution is -2.44. The Bertz CT molecular complexity index is 1180. The fourth-order valence-corrected chi connectivity index (χ4v) is 2.71. The Morgan fingerprint density at radius 2 is 1.82 bits per heavy atom. The lowest BCUT2D eigenvalue weighted by atomic mass is 10.2. The van der Waals surface area contributed by atoms with Crippen LogP contribution in [0.1, 0.15) is 5.56 Å². The second-order valence-electron chi connectivity index (χ2n) is 6.35. The normalized spacial score (nSPS) is 10.8. The van der Waals surface area contributed by atoms with Crippen molar-refractivity contribution in [3.8, 4) is 0 Å². The number of carbonyl (C=O) groups is 1. The van der Waals surface area contributed by atoms with Crippen LogP contribution < -0.4 is 11.2 Å². The van der Waals surface area contributed by atoms with Gasteiger partial charge in [-0.3, -0.25) is 28.8 Å². The van der Waals surface area contributed by atoms with Crippen molar-refractivity contribution >= 4 is 22.6 Å². The zero-order valence-corrected chi connectivity index (χ0v) is 15.2. The number of likely N-dealkylation sites (N-methyl/N-ethyl adjacent to an activating group) is 1. The summed E-state index contributed by atoms with van der Waals surface area (Å²) in [6.45, 7) is -0.351. The summed E-state index contributed by atoms with van der Waals surface area (Å²) in [7, 11) is 3.07. The van der Waals surface area contributed by atoms with E-state index in [1.807, 2.05) is 0 Å². The van der Waals surface area contributed by atoms with Crippen LogP contribution in [0.4, 0.5) is 5.69 Å². The molecule has 3 rings (SSSR count). The van der Waals surface area contributed by atoms with Gasteiger partial charge in [-0.2, -0.15) is 0 Å². The molecule has 10 nitrogen and oxygen atoms in total. The Labute approximate surface area is 158 Å². The van der Waals surface area contributed by atoms with Crippen molar-refractivity contribution in [2.24, 2.45) is 0 Å². The van der Waals surface area contributed by atoms with Crippen molar-refractivity contribution in [3.05, 3.63) is 79.1 Å². The van der Waals surface area contributed by atoms with E-state index in [1.54, 1.807) is 6.07 Å². The van der Waals surface area contributed by atoms with Crippen LogP contribution >= 0.6 is 0 Å². The molecule has 0 aliphatic heterocycles. The summed E-state index contributed by atoms with van der Waals surface area (Å²) < 4.78 is 2.15. The predicted molar refractivity (Wildman–Crippen MR) is 101 cm³/mol. The van der Waals surface area contributed by atoms with Gasteiger partial charge < -0.3 is 4.90 Å². The Kier molecular flexibility index (Phi) is 5.03. The van der Waals surface area contributed by atoms with Gasteiger partial charge in [0.05, 0.1) is 16.9 Å². The molecule has 0 bridgehead atoms. The van der Waals surface area contributed by atoms with Crippen LogP contribution in [0.3, 0.4) is 0 Å². The molecule has 0 saturated heterocycles. The SMILES string of the molecule is CN(C)C(=O)Cn1c(=O)c2cccnc2n(Cc2ccc([N+](=O)[O-])cc2)c1=O. The maximum atomic E-state index is 12.9. The van der Waals surface area contributed by atoms with Gasteiger partial charge >= 0.3 is 5.69 Å². The number of rotatable bonds is 5. The number of nitro benzene ring substituents is 1. The molecule has 144 valence electrons. The molecule has 0 atom stereocenters. The van der Waals surface area contributed by atoms with E-state index in [1.165, 1.54) is 60.1 Å². The van der Waals surface area contributed by atoms with Crippen LogP contribution in [0, 0.1) is 10.1 Å². The molecule has 1 aromatic carbocycles. The zero-order valence-electron chi connectivity index (χ0n) is 15.2. The first-order valence-corrected chi connectivity index (χ1v) is 8.31. The van der Waals surface area contributed by atoms with Gasteiger partial charge in [0.25, 0.3) is 11.2 Å². The smallest absolute Gasteiger partial charge is 0.333 e. The van der Waals surface area contributed by atoms with Crippen LogP contribution in [0.15, 0.2) is 52.2 Å². The van der Waals surface area contributed by atoms with E-state index in [2.05, 4.69) is 4.98 Å². The Morgan fingerprint density at radius 3 is 2.43 bits per heavy atom. The average molecular weight is 383 g/mol. The first kappa shape index (κ1) is 19.0. The number of hydrogen-bond donors (Lipinski definition) is 0. The molecule has 0 saturated carbocycles. The number of pyridine rings is 1. The number of nitrogens with zero attached hydrogens (tertiary/aromatic N) is 5. The highest BCUT2D eigenvalue weighted by atomic mass is 16.6. The molecule has 3 aromatic rings. The van der Waals surface area contributed by atoms with E-state index in [-0.39, 0.29) is 23.3 Å². The largest absolute Gasteiger partial charge is 0.347 e. The molecular weight excluding hydrogens is 366 g/mol. The highest BCUT2D eigenvalue weighted by Gasteiger charge is 2.17. The zero-order chi connectivity index (χ0) is 20.4. The standard InChI is InChI=1S/C18H17N5O5/c1-20(2)15(24)11-22-17(25)14-4-3-9-19-16(14)21(18(22)26)10-12-5-7-13(8-6-12)23(27)28/h3-9H,10-11H2,1-2H3. The van der Waals surface area contributed by atoms with Gasteiger partial charge in [0.15, 0.2) is 0 Å². The van der Waals surface area contributed by atoms with Gasteiger partial charge in [-0.25, -0.2) is 9.78 Å². The van der Waals surface area contributed by atoms with E-state index in [0.717, 1.165) is 4.57 Å². The van der Waals surface area contributed by atoms with E-state index in [4.69, 9.17) is 0 Å². The molecular formula is C18H17N5O5. The minimum Gasteiger partial charge on any atom is -0.347 e. The molecule has 0 unspecified atom stereocenters. The molecule has 28 heavy (non-hydrogen) atoms. The van der Waals surface area contributed by atoms with Crippen molar-refractivity contribution in [1.82, 2.24) is 19.0 Å². The summed E-state index contributed by atoms with van der Waals surface area (Å²) >= 11 is 0. The summed E-state index contributed by atoms with van der Waals surface area (Å²) in [5.41, 5.74) is -0.540. The number of amides is 1. The fourth-order valence-electron chi connectivity index (χ4n) is 2.71. The first-order chi connectivity index (χ1) is 13.3. The molecule has 0 radical (unpaired) electrons. The third kappa shape index (κ3) is 3.52. The summed E-state index contributed by atoms with van der Waals surface area (Å²) in [5.74, 6) is -0.399. The van der Waals surface area contributed by atoms with Gasteiger partial charge in [-0.05, 0) is 17.7 Å². The first-order valence-electron chi connectivity index (χ1n) is 8.31. The predicted octanol–water partition coefficient (Wildman–Crippen LogP) is 0.603. The Hall–Kier alpha value is -3.82. The van der Waals surface area contributed by atoms with Gasteiger partial charge in [-0.1, -0.05) is 12.1 Å². The molecule has 0 spiro atoms. The van der Waals surface area contributed by atoms with Crippen molar-refractivity contribution in [3.63, 3.8) is 0 Å². The molecule has 2 aromatic heterocycles. The van der Waals surface area contributed by atoms with Gasteiger partial charge in [-0.15, -0.1) is 0 Å². The number of benzene rings is 1. The van der Waals surface area contributed by atoms with Gasteiger partial charge in [0.1, 0.15) is 12.2 Å². The van der Waals surface area contributed by atoms with Gasteiger partial charge in [0.2, 0.25) is 5.91 Å². The number of carbonyl (C=O) groups excluding carboxylic acids is 1. The third-order valence-corrected chi connectivity index (χ3v) is 4.26. The lowest BCUT2D eigenvalue weighted by molar-refractivity contribution is -0.384. The van der Waals surface area contributed by atoms with Crippen molar-refractivity contribution in [2.75, 3.05) is 14.1 Å². The van der Waals surface area contributed by atoms with Gasteiger partial charge in [0, 0.05) is 32.4 Å². The molecule has 2 heterocycles. The summed E-state index contributed by atoms with van der Waals surface area (Å²) in [6, 6.07) is 8.83. The maximum Gasteiger partial charge on any atom is 0.333 e. The summed E-state index contributed by atoms with van der Waals surface area (Å²) in [6.07, 6.45) is 1.46. The van der Waals surface area contributed by atoms with Crippen LogP contribution in [0.25, 0.3) is 11.0 Å². The third-order valence-electron chi connectivity index (χ3n) is 4.26. The number of nitro groups is 1. The number of aromatic nitrogens is 3. The molecule has 10 heteroatoms. The fraction of sp³-hybridized carbons (Fsp3) is 0.222. The Balaban J connectivity index is 2.15. The number of hydrogen-bond acceptors (Lipinski definition) is 6. The maximum absolute atomic E-state index is 12.9. The second kappa shape index (κ2) is 7.43. The molecule has 0 fully saturated rings. The molecule has 0 aliphatic rings. The molecule has 0 N–H and O–H groups in total. The second-order valence-corrected chi connectivity index (χ2v) is 6.35. The summed E-state index contributed by atoms with van der Waals surface area (Å²) in [5, 5.41) is 11.0. The van der Waals surface area contributed by atoms with Crippen LogP contribution in [0.2, 0.25) is 0 Å². The van der Waals surface area contributed by atoms with Crippen molar-refractivity contribution in [1.29, 1.82) is 0 Å². The molecule has 1 amide bonds. The van der Waals surface area contributed by atoms with Crippen LogP contribution in [-0.4, -0.2) is 43.9 Å². The minimum atomic E-state index is -0.676. The Morgan fingerprint density at radius 1 is 1.14 bits per heavy atom. The topological polar surface area (TPSA) is 120 Å². The highest BCUT2D eigenvalue weighted by Crippen LogP contribution is 2.13. The highest BCUT2D eigenvalue weighted by molar-refractivity contribution is 5.77. The van der Waals surface area contributed by atoms with E-state index < -0.39 is 28.6 Å². The van der Waals surface area contributed by atoms with Crippen LogP contribution in [0.5, 0.6) is 0 Å². The monoisotopic (exact) mass is 383 g/mol.